The van der Waals surface area contributed by atoms with Crippen LogP contribution in [0.1, 0.15) is 29.2 Å². The number of aliphatic hydroxyl groups is 1. The van der Waals surface area contributed by atoms with Gasteiger partial charge in [-0.15, -0.1) is 11.3 Å². The third kappa shape index (κ3) is 2.37. The van der Waals surface area contributed by atoms with E-state index >= 15 is 0 Å². The number of rotatable bonds is 2. The van der Waals surface area contributed by atoms with Gasteiger partial charge in [-0.2, -0.15) is 0 Å². The second-order valence-corrected chi connectivity index (χ2v) is 5.13. The van der Waals surface area contributed by atoms with E-state index in [0.29, 0.717) is 0 Å². The van der Waals surface area contributed by atoms with Crippen LogP contribution in [0, 0.1) is 19.7 Å². The highest BCUT2D eigenvalue weighted by Crippen LogP contribution is 2.33. The standard InChI is InChI=1S/C13H14FNOS/c1-7-6-10(14)4-5-11(7)13-15-8(2)12(17-13)9(3)16/h4-6,9,16H,1-3H3. The zero-order valence-electron chi connectivity index (χ0n) is 9.99. The fourth-order valence-corrected chi connectivity index (χ4v) is 2.87. The molecule has 0 aliphatic carbocycles. The Morgan fingerprint density at radius 1 is 1.35 bits per heavy atom. The zero-order valence-corrected chi connectivity index (χ0v) is 10.8. The first-order valence-electron chi connectivity index (χ1n) is 5.41. The maximum atomic E-state index is 13.0. The largest absolute Gasteiger partial charge is 0.388 e. The smallest absolute Gasteiger partial charge is 0.124 e. The maximum absolute atomic E-state index is 13.0. The third-order valence-corrected chi connectivity index (χ3v) is 3.99. The zero-order chi connectivity index (χ0) is 12.6. The van der Waals surface area contributed by atoms with Crippen molar-refractivity contribution in [2.24, 2.45) is 0 Å². The molecule has 90 valence electrons. The number of aliphatic hydroxyl groups excluding tert-OH is 1. The normalized spacial score (nSPS) is 12.8. The molecule has 0 aliphatic rings. The SMILES string of the molecule is Cc1cc(F)ccc1-c1nc(C)c(C(C)O)s1. The van der Waals surface area contributed by atoms with Crippen LogP contribution in [0.4, 0.5) is 4.39 Å². The molecule has 1 aromatic heterocycles. The topological polar surface area (TPSA) is 33.1 Å². The van der Waals surface area contributed by atoms with Crippen molar-refractivity contribution >= 4 is 11.3 Å². The Hall–Kier alpha value is -1.26. The Morgan fingerprint density at radius 2 is 2.06 bits per heavy atom. The van der Waals surface area contributed by atoms with E-state index in [9.17, 15) is 9.50 Å². The molecule has 0 saturated heterocycles. The number of nitrogens with zero attached hydrogens (tertiary/aromatic N) is 1. The molecule has 0 saturated carbocycles. The van der Waals surface area contributed by atoms with Crippen LogP contribution in [0.3, 0.4) is 0 Å². The van der Waals surface area contributed by atoms with Gasteiger partial charge in [-0.05, 0) is 44.5 Å². The van der Waals surface area contributed by atoms with Crippen LogP contribution in [0.25, 0.3) is 10.6 Å². The Labute approximate surface area is 104 Å². The van der Waals surface area contributed by atoms with Crippen molar-refractivity contribution < 1.29 is 9.50 Å². The van der Waals surface area contributed by atoms with Gasteiger partial charge in [0, 0.05) is 5.56 Å². The molecule has 17 heavy (non-hydrogen) atoms. The van der Waals surface area contributed by atoms with Crippen LogP contribution in [0.5, 0.6) is 0 Å². The van der Waals surface area contributed by atoms with E-state index in [1.54, 1.807) is 13.0 Å². The van der Waals surface area contributed by atoms with Gasteiger partial charge in [0.25, 0.3) is 0 Å². The second-order valence-electron chi connectivity index (χ2n) is 4.10. The number of aromatic nitrogens is 1. The molecule has 0 radical (unpaired) electrons. The molecule has 4 heteroatoms. The monoisotopic (exact) mass is 251 g/mol. The van der Waals surface area contributed by atoms with Crippen molar-refractivity contribution in [1.29, 1.82) is 0 Å². The van der Waals surface area contributed by atoms with Crippen molar-refractivity contribution in [3.8, 4) is 10.6 Å². The molecule has 1 N–H and O–H groups in total. The number of aryl methyl sites for hydroxylation is 2. The molecule has 1 heterocycles. The lowest BCUT2D eigenvalue weighted by atomic mass is 10.1. The maximum Gasteiger partial charge on any atom is 0.124 e. The average molecular weight is 251 g/mol. The first kappa shape index (κ1) is 12.2. The molecule has 1 unspecified atom stereocenters. The summed E-state index contributed by atoms with van der Waals surface area (Å²) in [4.78, 5) is 5.29. The molecule has 2 rings (SSSR count). The van der Waals surface area contributed by atoms with Gasteiger partial charge in [0.15, 0.2) is 0 Å². The van der Waals surface area contributed by atoms with E-state index in [1.807, 2.05) is 13.8 Å². The summed E-state index contributed by atoms with van der Waals surface area (Å²) in [6.45, 7) is 5.46. The minimum Gasteiger partial charge on any atom is -0.388 e. The van der Waals surface area contributed by atoms with E-state index in [1.165, 1.54) is 23.5 Å². The third-order valence-electron chi connectivity index (χ3n) is 2.63. The molecule has 0 spiro atoms. The van der Waals surface area contributed by atoms with Crippen LogP contribution in [0.15, 0.2) is 18.2 Å². The van der Waals surface area contributed by atoms with E-state index in [2.05, 4.69) is 4.98 Å². The quantitative estimate of drug-likeness (QED) is 0.884. The van der Waals surface area contributed by atoms with Crippen LogP contribution in [-0.4, -0.2) is 10.1 Å². The first-order valence-corrected chi connectivity index (χ1v) is 6.22. The number of benzene rings is 1. The van der Waals surface area contributed by atoms with Gasteiger partial charge in [0.1, 0.15) is 10.8 Å². The highest BCUT2D eigenvalue weighted by molar-refractivity contribution is 7.15. The van der Waals surface area contributed by atoms with Gasteiger partial charge in [-0.3, -0.25) is 0 Å². The summed E-state index contributed by atoms with van der Waals surface area (Å²) in [7, 11) is 0. The molecule has 0 bridgehead atoms. The fraction of sp³-hybridized carbons (Fsp3) is 0.308. The van der Waals surface area contributed by atoms with Crippen molar-refractivity contribution in [2.75, 3.05) is 0 Å². The van der Waals surface area contributed by atoms with Crippen molar-refractivity contribution in [2.45, 2.75) is 26.9 Å². The van der Waals surface area contributed by atoms with Gasteiger partial charge in [-0.1, -0.05) is 0 Å². The molecule has 0 fully saturated rings. The molecule has 2 nitrogen and oxygen atoms in total. The summed E-state index contributed by atoms with van der Waals surface area (Å²) in [6.07, 6.45) is -0.512. The fourth-order valence-electron chi connectivity index (χ4n) is 1.78. The van der Waals surface area contributed by atoms with Gasteiger partial charge in [0.2, 0.25) is 0 Å². The van der Waals surface area contributed by atoms with E-state index in [-0.39, 0.29) is 5.82 Å². The highest BCUT2D eigenvalue weighted by Gasteiger charge is 2.14. The van der Waals surface area contributed by atoms with Crippen molar-refractivity contribution in [3.63, 3.8) is 0 Å². The lowest BCUT2D eigenvalue weighted by Crippen LogP contribution is -1.88. The highest BCUT2D eigenvalue weighted by atomic mass is 32.1. The Balaban J connectivity index is 2.50. The summed E-state index contributed by atoms with van der Waals surface area (Å²) in [5.41, 5.74) is 2.62. The summed E-state index contributed by atoms with van der Waals surface area (Å²) < 4.78 is 13.0. The van der Waals surface area contributed by atoms with Gasteiger partial charge < -0.3 is 5.11 Å². The Bertz CT molecular complexity index is 548. The van der Waals surface area contributed by atoms with E-state index in [4.69, 9.17) is 0 Å². The van der Waals surface area contributed by atoms with E-state index < -0.39 is 6.10 Å². The molecular formula is C13H14FNOS. The van der Waals surface area contributed by atoms with E-state index in [0.717, 1.165) is 26.7 Å². The Kier molecular flexibility index (Phi) is 3.26. The minimum absolute atomic E-state index is 0.240. The predicted molar refractivity (Wildman–Crippen MR) is 67.6 cm³/mol. The van der Waals surface area contributed by atoms with Crippen molar-refractivity contribution in [3.05, 3.63) is 40.2 Å². The lowest BCUT2D eigenvalue weighted by Gasteiger charge is -2.01. The lowest BCUT2D eigenvalue weighted by molar-refractivity contribution is 0.202. The van der Waals surface area contributed by atoms with Gasteiger partial charge in [-0.25, -0.2) is 9.37 Å². The second kappa shape index (κ2) is 4.55. The number of hydrogen-bond acceptors (Lipinski definition) is 3. The summed E-state index contributed by atoms with van der Waals surface area (Å²) in [5, 5.41) is 10.4. The summed E-state index contributed by atoms with van der Waals surface area (Å²) >= 11 is 1.46. The summed E-state index contributed by atoms with van der Waals surface area (Å²) in [6, 6.07) is 4.66. The molecule has 2 aromatic rings. The number of hydrogen-bond donors (Lipinski definition) is 1. The summed E-state index contributed by atoms with van der Waals surface area (Å²) in [5.74, 6) is -0.240. The van der Waals surface area contributed by atoms with Crippen LogP contribution in [-0.2, 0) is 0 Å². The average Bonchev–Trinajstić information content (AvgIpc) is 2.60. The predicted octanol–water partition coefficient (Wildman–Crippen LogP) is 3.62. The van der Waals surface area contributed by atoms with Gasteiger partial charge >= 0.3 is 0 Å². The molecule has 0 amide bonds. The first-order chi connectivity index (χ1) is 7.99. The van der Waals surface area contributed by atoms with Crippen molar-refractivity contribution in [1.82, 2.24) is 4.98 Å². The molecule has 0 aliphatic heterocycles. The number of halogens is 1. The molecule has 1 atom stereocenters. The molecular weight excluding hydrogens is 237 g/mol. The Morgan fingerprint density at radius 3 is 2.59 bits per heavy atom. The van der Waals surface area contributed by atoms with Crippen LogP contribution in [0.2, 0.25) is 0 Å². The van der Waals surface area contributed by atoms with Crippen LogP contribution < -0.4 is 0 Å². The van der Waals surface area contributed by atoms with Crippen LogP contribution >= 0.6 is 11.3 Å². The van der Waals surface area contributed by atoms with Gasteiger partial charge in [0.05, 0.1) is 16.7 Å². The number of thiazole rings is 1. The minimum atomic E-state index is -0.512. The molecule has 1 aromatic carbocycles.